The van der Waals surface area contributed by atoms with Gasteiger partial charge in [0, 0.05) is 17.3 Å². The van der Waals surface area contributed by atoms with Crippen molar-refractivity contribution in [3.05, 3.63) is 47.2 Å². The molecule has 0 aliphatic heterocycles. The van der Waals surface area contributed by atoms with Gasteiger partial charge in [-0.3, -0.25) is 9.89 Å². The molecule has 0 fully saturated rings. The highest BCUT2D eigenvalue weighted by Gasteiger charge is 2.30. The first-order valence-corrected chi connectivity index (χ1v) is 6.43. The second-order valence-electron chi connectivity index (χ2n) is 4.56. The number of nitrogens with one attached hydrogen (secondary N) is 2. The molecule has 0 spiro atoms. The molecule has 21 heavy (non-hydrogen) atoms. The van der Waals surface area contributed by atoms with Crippen LogP contribution in [0.4, 0.5) is 19.0 Å². The van der Waals surface area contributed by atoms with Crippen LogP contribution in [0.3, 0.4) is 0 Å². The zero-order valence-electron chi connectivity index (χ0n) is 11.3. The SMILES string of the molecule is CCCc1cc(NC(=O)c2cccc(C(F)(F)F)c2)n[nH]1. The topological polar surface area (TPSA) is 57.8 Å². The van der Waals surface area contributed by atoms with Crippen molar-refractivity contribution >= 4 is 11.7 Å². The summed E-state index contributed by atoms with van der Waals surface area (Å²) >= 11 is 0. The van der Waals surface area contributed by atoms with Gasteiger partial charge < -0.3 is 5.32 Å². The molecular formula is C14H14F3N3O. The lowest BCUT2D eigenvalue weighted by molar-refractivity contribution is -0.137. The van der Waals surface area contributed by atoms with E-state index in [9.17, 15) is 18.0 Å². The minimum Gasteiger partial charge on any atom is -0.305 e. The van der Waals surface area contributed by atoms with Crippen molar-refractivity contribution < 1.29 is 18.0 Å². The number of halogens is 3. The average Bonchev–Trinajstić information content (AvgIpc) is 2.86. The highest BCUT2D eigenvalue weighted by molar-refractivity contribution is 6.03. The van der Waals surface area contributed by atoms with Crippen molar-refractivity contribution in [2.45, 2.75) is 25.9 Å². The van der Waals surface area contributed by atoms with Crippen LogP contribution in [0.1, 0.15) is 35.0 Å². The number of anilines is 1. The molecule has 2 N–H and O–H groups in total. The van der Waals surface area contributed by atoms with E-state index in [4.69, 9.17) is 0 Å². The van der Waals surface area contributed by atoms with Gasteiger partial charge in [-0.25, -0.2) is 0 Å². The van der Waals surface area contributed by atoms with Crippen LogP contribution in [0.25, 0.3) is 0 Å². The number of aromatic amines is 1. The smallest absolute Gasteiger partial charge is 0.305 e. The van der Waals surface area contributed by atoms with Crippen molar-refractivity contribution in [2.75, 3.05) is 5.32 Å². The Morgan fingerprint density at radius 1 is 1.33 bits per heavy atom. The fourth-order valence-corrected chi connectivity index (χ4v) is 1.85. The summed E-state index contributed by atoms with van der Waals surface area (Å²) in [6.07, 6.45) is -2.77. The fourth-order valence-electron chi connectivity index (χ4n) is 1.85. The van der Waals surface area contributed by atoms with E-state index in [1.54, 1.807) is 6.07 Å². The van der Waals surface area contributed by atoms with Crippen molar-refractivity contribution in [3.8, 4) is 0 Å². The van der Waals surface area contributed by atoms with Crippen LogP contribution in [0, 0.1) is 0 Å². The van der Waals surface area contributed by atoms with Crippen LogP contribution in [0.5, 0.6) is 0 Å². The second kappa shape index (κ2) is 5.99. The molecule has 112 valence electrons. The summed E-state index contributed by atoms with van der Waals surface area (Å²) in [6.45, 7) is 2.00. The molecule has 0 saturated heterocycles. The average molecular weight is 297 g/mol. The standard InChI is InChI=1S/C14H14F3N3O/c1-2-4-11-8-12(20-19-11)18-13(21)9-5-3-6-10(7-9)14(15,16)17/h3,5-8H,2,4H2,1H3,(H2,18,19,20,21). The van der Waals surface area contributed by atoms with E-state index in [0.717, 1.165) is 30.7 Å². The van der Waals surface area contributed by atoms with Gasteiger partial charge in [-0.15, -0.1) is 0 Å². The van der Waals surface area contributed by atoms with Gasteiger partial charge in [0.2, 0.25) is 0 Å². The summed E-state index contributed by atoms with van der Waals surface area (Å²) < 4.78 is 37.8. The van der Waals surface area contributed by atoms with Crippen molar-refractivity contribution in [2.24, 2.45) is 0 Å². The molecule has 0 aliphatic carbocycles. The Kier molecular flexibility index (Phi) is 4.30. The van der Waals surface area contributed by atoms with Gasteiger partial charge in [-0.1, -0.05) is 19.4 Å². The van der Waals surface area contributed by atoms with Crippen LogP contribution in [-0.2, 0) is 12.6 Å². The predicted octanol–water partition coefficient (Wildman–Crippen LogP) is 3.63. The van der Waals surface area contributed by atoms with E-state index < -0.39 is 17.6 Å². The zero-order valence-corrected chi connectivity index (χ0v) is 11.3. The van der Waals surface area contributed by atoms with Gasteiger partial charge in [0.25, 0.3) is 5.91 Å². The Morgan fingerprint density at radius 2 is 2.10 bits per heavy atom. The molecule has 0 atom stereocenters. The maximum absolute atomic E-state index is 12.6. The quantitative estimate of drug-likeness (QED) is 0.905. The zero-order chi connectivity index (χ0) is 15.5. The Morgan fingerprint density at radius 3 is 2.76 bits per heavy atom. The summed E-state index contributed by atoms with van der Waals surface area (Å²) in [7, 11) is 0. The Bertz CT molecular complexity index is 634. The molecule has 1 amide bonds. The third kappa shape index (κ3) is 3.84. The van der Waals surface area contributed by atoms with Crippen LogP contribution < -0.4 is 5.32 Å². The molecule has 0 radical (unpaired) electrons. The van der Waals surface area contributed by atoms with Gasteiger partial charge >= 0.3 is 6.18 Å². The van der Waals surface area contributed by atoms with Gasteiger partial charge in [0.1, 0.15) is 0 Å². The number of benzene rings is 1. The number of aromatic nitrogens is 2. The summed E-state index contributed by atoms with van der Waals surface area (Å²) in [5, 5.41) is 9.11. The molecule has 1 heterocycles. The summed E-state index contributed by atoms with van der Waals surface area (Å²) in [5.74, 6) is -0.337. The summed E-state index contributed by atoms with van der Waals surface area (Å²) in [6, 6.07) is 5.92. The Labute approximate surface area is 119 Å². The number of rotatable bonds is 4. The van der Waals surface area contributed by atoms with Crippen LogP contribution in [-0.4, -0.2) is 16.1 Å². The van der Waals surface area contributed by atoms with Crippen molar-refractivity contribution in [1.29, 1.82) is 0 Å². The number of carbonyl (C=O) groups is 1. The molecule has 0 unspecified atom stereocenters. The third-order valence-corrected chi connectivity index (χ3v) is 2.84. The number of hydrogen-bond acceptors (Lipinski definition) is 2. The Hall–Kier alpha value is -2.31. The lowest BCUT2D eigenvalue weighted by Gasteiger charge is -2.08. The summed E-state index contributed by atoms with van der Waals surface area (Å²) in [4.78, 5) is 11.9. The third-order valence-electron chi connectivity index (χ3n) is 2.84. The maximum Gasteiger partial charge on any atom is 0.416 e. The predicted molar refractivity (Wildman–Crippen MR) is 72.0 cm³/mol. The molecule has 1 aromatic carbocycles. The maximum atomic E-state index is 12.6. The lowest BCUT2D eigenvalue weighted by Crippen LogP contribution is -2.14. The fraction of sp³-hybridized carbons (Fsp3) is 0.286. The van der Waals surface area contributed by atoms with Gasteiger partial charge in [-0.05, 0) is 24.6 Å². The highest BCUT2D eigenvalue weighted by atomic mass is 19.4. The van der Waals surface area contributed by atoms with Crippen LogP contribution in [0.2, 0.25) is 0 Å². The van der Waals surface area contributed by atoms with Crippen LogP contribution in [0.15, 0.2) is 30.3 Å². The van der Waals surface area contributed by atoms with E-state index in [0.29, 0.717) is 5.82 Å². The number of nitrogens with zero attached hydrogens (tertiary/aromatic N) is 1. The van der Waals surface area contributed by atoms with Gasteiger partial charge in [0.15, 0.2) is 5.82 Å². The lowest BCUT2D eigenvalue weighted by atomic mass is 10.1. The van der Waals surface area contributed by atoms with E-state index in [1.807, 2.05) is 6.92 Å². The van der Waals surface area contributed by atoms with E-state index >= 15 is 0 Å². The molecule has 0 bridgehead atoms. The van der Waals surface area contributed by atoms with Crippen molar-refractivity contribution in [1.82, 2.24) is 10.2 Å². The van der Waals surface area contributed by atoms with Crippen molar-refractivity contribution in [3.63, 3.8) is 0 Å². The minimum absolute atomic E-state index is 0.0649. The normalized spacial score (nSPS) is 11.4. The van der Waals surface area contributed by atoms with E-state index in [2.05, 4.69) is 15.5 Å². The molecule has 2 aromatic rings. The van der Waals surface area contributed by atoms with Gasteiger partial charge in [-0.2, -0.15) is 18.3 Å². The molecular weight excluding hydrogens is 283 g/mol. The monoisotopic (exact) mass is 297 g/mol. The first-order chi connectivity index (χ1) is 9.90. The number of alkyl halides is 3. The minimum atomic E-state index is -4.48. The van der Waals surface area contributed by atoms with E-state index in [1.165, 1.54) is 12.1 Å². The first-order valence-electron chi connectivity index (χ1n) is 6.43. The highest BCUT2D eigenvalue weighted by Crippen LogP contribution is 2.29. The molecule has 7 heteroatoms. The van der Waals surface area contributed by atoms with E-state index in [-0.39, 0.29) is 5.56 Å². The molecule has 1 aromatic heterocycles. The summed E-state index contributed by atoms with van der Waals surface area (Å²) in [5.41, 5.74) is -0.0643. The second-order valence-corrected chi connectivity index (χ2v) is 4.56. The number of aryl methyl sites for hydroxylation is 1. The largest absolute Gasteiger partial charge is 0.416 e. The van der Waals surface area contributed by atoms with Gasteiger partial charge in [0.05, 0.1) is 5.56 Å². The molecule has 0 saturated carbocycles. The Balaban J connectivity index is 2.12. The number of hydrogen-bond donors (Lipinski definition) is 2. The number of carbonyl (C=O) groups excluding carboxylic acids is 1. The first kappa shape index (κ1) is 15.1. The van der Waals surface area contributed by atoms with Crippen LogP contribution >= 0.6 is 0 Å². The number of H-pyrrole nitrogens is 1. The number of amides is 1. The molecule has 4 nitrogen and oxygen atoms in total. The molecule has 2 rings (SSSR count). The molecule has 0 aliphatic rings.